The van der Waals surface area contributed by atoms with Gasteiger partial charge in [-0.2, -0.15) is 0 Å². The van der Waals surface area contributed by atoms with Crippen molar-refractivity contribution < 1.29 is 19.4 Å². The number of aliphatic hydroxyl groups is 1. The molecule has 0 aliphatic heterocycles. The average molecular weight is 391 g/mol. The summed E-state index contributed by atoms with van der Waals surface area (Å²) in [6.45, 7) is 7.38. The molecule has 0 saturated heterocycles. The van der Waals surface area contributed by atoms with Gasteiger partial charge in [-0.25, -0.2) is 4.79 Å². The summed E-state index contributed by atoms with van der Waals surface area (Å²) in [5.41, 5.74) is 1.87. The number of carbonyl (C=O) groups is 1. The summed E-state index contributed by atoms with van der Waals surface area (Å²) < 4.78 is 11.1. The lowest BCUT2D eigenvalue weighted by Gasteiger charge is -2.58. The van der Waals surface area contributed by atoms with Crippen LogP contribution >= 0.6 is 0 Å². The Hall–Kier alpha value is -1.03. The maximum Gasteiger partial charge on any atom is 0.508 e. The van der Waals surface area contributed by atoms with Crippen LogP contribution in [0.1, 0.15) is 85.0 Å². The van der Waals surface area contributed by atoms with E-state index in [0.717, 1.165) is 50.9 Å². The molecule has 4 nitrogen and oxygen atoms in total. The number of hydrogen-bond donors (Lipinski definition) is 1. The number of ether oxygens (including phenoxy) is 2. The van der Waals surface area contributed by atoms with Crippen LogP contribution in [0.3, 0.4) is 0 Å². The predicted octanol–water partition coefficient (Wildman–Crippen LogP) is 5.63. The van der Waals surface area contributed by atoms with E-state index in [4.69, 9.17) is 9.47 Å². The van der Waals surface area contributed by atoms with Crippen molar-refractivity contribution in [3.8, 4) is 0 Å². The largest absolute Gasteiger partial charge is 0.508 e. The van der Waals surface area contributed by atoms with Gasteiger partial charge in [0, 0.05) is 5.41 Å². The minimum atomic E-state index is -0.468. The third-order valence-corrected chi connectivity index (χ3v) is 8.96. The van der Waals surface area contributed by atoms with Gasteiger partial charge in [0.1, 0.15) is 6.10 Å². The Bertz CT molecular complexity index is 628. The molecule has 0 amide bonds. The van der Waals surface area contributed by atoms with Crippen molar-refractivity contribution in [2.75, 3.05) is 6.61 Å². The van der Waals surface area contributed by atoms with Crippen LogP contribution in [0.25, 0.3) is 0 Å². The molecule has 0 aromatic carbocycles. The van der Waals surface area contributed by atoms with E-state index < -0.39 is 6.16 Å². The minimum absolute atomic E-state index is 0.00509. The number of allylic oxidation sites excluding steroid dienone is 1. The second kappa shape index (κ2) is 7.66. The Morgan fingerprint density at radius 3 is 2.75 bits per heavy atom. The topological polar surface area (TPSA) is 55.8 Å². The van der Waals surface area contributed by atoms with Crippen molar-refractivity contribution >= 4 is 6.16 Å². The predicted molar refractivity (Wildman–Crippen MR) is 109 cm³/mol. The SMILES string of the molecule is CCCCOC(=O)O[C@H]1CC[C@H]2[C@@H]3CCC4=C[C@H](O)CC[C@]4(C)[C@H]3CC[C@]12C. The minimum Gasteiger partial charge on any atom is -0.434 e. The van der Waals surface area contributed by atoms with Crippen molar-refractivity contribution in [3.05, 3.63) is 11.6 Å². The van der Waals surface area contributed by atoms with Gasteiger partial charge in [-0.3, -0.25) is 0 Å². The van der Waals surface area contributed by atoms with Gasteiger partial charge in [0.15, 0.2) is 0 Å². The molecule has 4 aliphatic rings. The highest BCUT2D eigenvalue weighted by molar-refractivity contribution is 5.60. The van der Waals surface area contributed by atoms with E-state index in [1.54, 1.807) is 0 Å². The summed E-state index contributed by atoms with van der Waals surface area (Å²) in [5, 5.41) is 10.1. The van der Waals surface area contributed by atoms with E-state index in [9.17, 15) is 9.90 Å². The standard InChI is InChI=1S/C24H38O4/c1-4-5-14-27-22(26)28-21-9-8-19-18-7-6-16-15-17(25)10-12-23(16,2)20(18)11-13-24(19,21)3/h15,17-21,25H,4-14H2,1-3H3/t17-,18+,19+,20+,21+,23+,24+/m1/s1. The van der Waals surface area contributed by atoms with Crippen LogP contribution < -0.4 is 0 Å². The summed E-state index contributed by atoms with van der Waals surface area (Å²) in [6.07, 6.45) is 12.3. The molecule has 0 aromatic rings. The highest BCUT2D eigenvalue weighted by atomic mass is 16.7. The van der Waals surface area contributed by atoms with Gasteiger partial charge < -0.3 is 14.6 Å². The van der Waals surface area contributed by atoms with Crippen LogP contribution in [-0.2, 0) is 9.47 Å². The van der Waals surface area contributed by atoms with Crippen molar-refractivity contribution in [3.63, 3.8) is 0 Å². The quantitative estimate of drug-likeness (QED) is 0.384. The molecule has 4 aliphatic carbocycles. The average Bonchev–Trinajstić information content (AvgIpc) is 2.99. The molecule has 0 heterocycles. The molecule has 0 spiro atoms. The Morgan fingerprint density at radius 1 is 1.14 bits per heavy atom. The van der Waals surface area contributed by atoms with E-state index >= 15 is 0 Å². The molecule has 4 rings (SSSR count). The Morgan fingerprint density at radius 2 is 1.96 bits per heavy atom. The zero-order valence-electron chi connectivity index (χ0n) is 17.9. The summed E-state index contributed by atoms with van der Waals surface area (Å²) >= 11 is 0. The molecule has 0 radical (unpaired) electrons. The molecule has 0 bridgehead atoms. The van der Waals surface area contributed by atoms with E-state index in [1.807, 2.05) is 0 Å². The molecule has 1 N–H and O–H groups in total. The van der Waals surface area contributed by atoms with Gasteiger partial charge in [-0.15, -0.1) is 0 Å². The summed E-state index contributed by atoms with van der Waals surface area (Å²) in [4.78, 5) is 12.2. The van der Waals surface area contributed by atoms with Gasteiger partial charge >= 0.3 is 6.16 Å². The lowest BCUT2D eigenvalue weighted by molar-refractivity contribution is -0.0885. The number of hydrogen-bond acceptors (Lipinski definition) is 4. The summed E-state index contributed by atoms with van der Waals surface area (Å²) in [6, 6.07) is 0. The fourth-order valence-electron chi connectivity index (χ4n) is 7.31. The number of fused-ring (bicyclic) bond motifs is 5. The first kappa shape index (κ1) is 20.3. The number of aliphatic hydroxyl groups excluding tert-OH is 1. The van der Waals surface area contributed by atoms with Crippen LogP contribution in [0.5, 0.6) is 0 Å². The lowest BCUT2D eigenvalue weighted by atomic mass is 9.47. The van der Waals surface area contributed by atoms with Crippen molar-refractivity contribution in [2.45, 2.75) is 97.2 Å². The van der Waals surface area contributed by atoms with Gasteiger partial charge in [-0.05, 0) is 81.0 Å². The molecule has 3 fully saturated rings. The number of unbranched alkanes of at least 4 members (excludes halogenated alkanes) is 1. The number of carbonyl (C=O) groups excluding carboxylic acids is 1. The van der Waals surface area contributed by atoms with Crippen LogP contribution in [0, 0.1) is 28.6 Å². The van der Waals surface area contributed by atoms with E-state index in [1.165, 1.54) is 24.8 Å². The van der Waals surface area contributed by atoms with Gasteiger partial charge in [-0.1, -0.05) is 38.8 Å². The molecule has 3 saturated carbocycles. The van der Waals surface area contributed by atoms with Crippen LogP contribution in [0.15, 0.2) is 11.6 Å². The zero-order chi connectivity index (χ0) is 19.9. The fraction of sp³-hybridized carbons (Fsp3) is 0.875. The van der Waals surface area contributed by atoms with Crippen LogP contribution in [0.4, 0.5) is 4.79 Å². The van der Waals surface area contributed by atoms with Crippen molar-refractivity contribution in [2.24, 2.45) is 28.6 Å². The Balaban J connectivity index is 1.46. The summed E-state index contributed by atoms with van der Waals surface area (Å²) in [5.74, 6) is 2.08. The normalized spacial score (nSPS) is 44.7. The monoisotopic (exact) mass is 390 g/mol. The van der Waals surface area contributed by atoms with Gasteiger partial charge in [0.25, 0.3) is 0 Å². The molecule has 7 atom stereocenters. The van der Waals surface area contributed by atoms with Gasteiger partial charge in [0.2, 0.25) is 0 Å². The smallest absolute Gasteiger partial charge is 0.434 e. The highest BCUT2D eigenvalue weighted by Crippen LogP contribution is 2.65. The molecular formula is C24H38O4. The molecule has 4 heteroatoms. The third-order valence-electron chi connectivity index (χ3n) is 8.96. The Labute approximate surface area is 170 Å². The van der Waals surface area contributed by atoms with Crippen LogP contribution in [-0.4, -0.2) is 30.1 Å². The fourth-order valence-corrected chi connectivity index (χ4v) is 7.31. The molecule has 0 aromatic heterocycles. The highest BCUT2D eigenvalue weighted by Gasteiger charge is 2.60. The third kappa shape index (κ3) is 3.30. The second-order valence-corrected chi connectivity index (χ2v) is 10.3. The van der Waals surface area contributed by atoms with E-state index in [-0.39, 0.29) is 23.0 Å². The lowest BCUT2D eigenvalue weighted by Crippen LogP contribution is -2.51. The van der Waals surface area contributed by atoms with Crippen molar-refractivity contribution in [1.82, 2.24) is 0 Å². The van der Waals surface area contributed by atoms with E-state index in [0.29, 0.717) is 18.4 Å². The maximum atomic E-state index is 12.2. The van der Waals surface area contributed by atoms with E-state index in [2.05, 4.69) is 26.8 Å². The maximum absolute atomic E-state index is 12.2. The second-order valence-electron chi connectivity index (χ2n) is 10.3. The zero-order valence-corrected chi connectivity index (χ0v) is 17.9. The van der Waals surface area contributed by atoms with Crippen molar-refractivity contribution in [1.29, 1.82) is 0 Å². The number of rotatable bonds is 4. The summed E-state index contributed by atoms with van der Waals surface area (Å²) in [7, 11) is 0. The first-order chi connectivity index (χ1) is 13.4. The molecular weight excluding hydrogens is 352 g/mol. The van der Waals surface area contributed by atoms with Crippen LogP contribution in [0.2, 0.25) is 0 Å². The molecule has 158 valence electrons. The first-order valence-corrected chi connectivity index (χ1v) is 11.6. The molecule has 0 unspecified atom stereocenters. The first-order valence-electron chi connectivity index (χ1n) is 11.6. The van der Waals surface area contributed by atoms with Gasteiger partial charge in [0.05, 0.1) is 12.7 Å². The Kier molecular flexibility index (Phi) is 5.54. The molecule has 28 heavy (non-hydrogen) atoms.